The van der Waals surface area contributed by atoms with Crippen LogP contribution < -0.4 is 5.46 Å². The van der Waals surface area contributed by atoms with Crippen molar-refractivity contribution >= 4 is 18.6 Å². The third-order valence-corrected chi connectivity index (χ3v) is 3.92. The van der Waals surface area contributed by atoms with Crippen LogP contribution in [0.25, 0.3) is 0 Å². The zero-order valence-electron chi connectivity index (χ0n) is 14.6. The van der Waals surface area contributed by atoms with Crippen LogP contribution in [0.4, 0.5) is 0 Å². The van der Waals surface area contributed by atoms with Crippen molar-refractivity contribution in [1.29, 1.82) is 0 Å². The molecule has 0 fully saturated rings. The molecule has 134 valence electrons. The van der Waals surface area contributed by atoms with E-state index in [0.717, 1.165) is 12.0 Å². The highest BCUT2D eigenvalue weighted by Gasteiger charge is 2.31. The molecule has 2 rings (SSSR count). The van der Waals surface area contributed by atoms with Crippen LogP contribution in [0.15, 0.2) is 24.3 Å². The van der Waals surface area contributed by atoms with Gasteiger partial charge in [-0.15, -0.1) is 0 Å². The van der Waals surface area contributed by atoms with E-state index in [1.165, 1.54) is 13.8 Å². The number of nitrogens with zero attached hydrogens (tertiary/aromatic N) is 2. The number of hydrogen-bond acceptors (Lipinski definition) is 5. The van der Waals surface area contributed by atoms with E-state index in [-0.39, 0.29) is 17.9 Å². The summed E-state index contributed by atoms with van der Waals surface area (Å²) in [6, 6.07) is 6.57. The van der Waals surface area contributed by atoms with Crippen molar-refractivity contribution in [3.8, 4) is 0 Å². The van der Waals surface area contributed by atoms with E-state index < -0.39 is 18.7 Å². The van der Waals surface area contributed by atoms with Gasteiger partial charge >= 0.3 is 13.1 Å². The number of carbonyl (C=O) groups is 1. The molecule has 0 unspecified atom stereocenters. The van der Waals surface area contributed by atoms with Crippen LogP contribution in [0.1, 0.15) is 54.8 Å². The van der Waals surface area contributed by atoms with Gasteiger partial charge in [-0.3, -0.25) is 0 Å². The Bertz CT molecular complexity index is 748. The molecule has 1 aromatic heterocycles. The minimum absolute atomic E-state index is 0.0257. The van der Waals surface area contributed by atoms with Gasteiger partial charge in [0.1, 0.15) is 17.1 Å². The van der Waals surface area contributed by atoms with E-state index in [1.54, 1.807) is 28.8 Å². The number of hydrogen-bond donors (Lipinski definition) is 4. The highest BCUT2D eigenvalue weighted by Crippen LogP contribution is 2.26. The highest BCUT2D eigenvalue weighted by molar-refractivity contribution is 6.58. The highest BCUT2D eigenvalue weighted by atomic mass is 16.4. The van der Waals surface area contributed by atoms with Gasteiger partial charge in [-0.1, -0.05) is 31.2 Å². The number of carboxylic acid groups (broad SMARTS) is 1. The SMILES string of the molecule is CCCc1nc(C(C)(C)O)c(C(=O)O)n1Cc1ccc(B(O)O)cc1. The predicted octanol–water partition coefficient (Wildman–Crippen LogP) is 0.489. The second-order valence-corrected chi connectivity index (χ2v) is 6.54. The molecule has 8 heteroatoms. The average molecular weight is 346 g/mol. The summed E-state index contributed by atoms with van der Waals surface area (Å²) in [4.78, 5) is 16.2. The number of aryl methyl sites for hydroxylation is 1. The first-order valence-electron chi connectivity index (χ1n) is 8.15. The standard InChI is InChI=1S/C17H23BN2O5/c1-4-5-13-19-15(17(2,3)23)14(16(21)22)20(13)10-11-6-8-12(9-7-11)18(24)25/h6-9,23-25H,4-5,10H2,1-3H3,(H,21,22). The van der Waals surface area contributed by atoms with Gasteiger partial charge < -0.3 is 24.8 Å². The quantitative estimate of drug-likeness (QED) is 0.542. The zero-order valence-corrected chi connectivity index (χ0v) is 14.6. The Morgan fingerprint density at radius 2 is 1.84 bits per heavy atom. The number of aromatic nitrogens is 2. The Kier molecular flexibility index (Phi) is 5.67. The van der Waals surface area contributed by atoms with E-state index in [9.17, 15) is 15.0 Å². The van der Waals surface area contributed by atoms with E-state index in [4.69, 9.17) is 10.0 Å². The van der Waals surface area contributed by atoms with Crippen molar-refractivity contribution < 1.29 is 25.1 Å². The molecule has 0 aliphatic heterocycles. The summed E-state index contributed by atoms with van der Waals surface area (Å²) in [6.45, 7) is 5.26. The molecule has 2 aromatic rings. The summed E-state index contributed by atoms with van der Waals surface area (Å²) < 4.78 is 1.60. The fourth-order valence-electron chi connectivity index (χ4n) is 2.71. The molecule has 0 spiro atoms. The molecule has 0 aliphatic carbocycles. The molecule has 1 heterocycles. The first-order valence-corrected chi connectivity index (χ1v) is 8.15. The molecule has 0 amide bonds. The molecule has 4 N–H and O–H groups in total. The lowest BCUT2D eigenvalue weighted by atomic mass is 9.80. The number of carboxylic acids is 1. The summed E-state index contributed by atoms with van der Waals surface area (Å²) in [6.07, 6.45) is 1.38. The first kappa shape index (κ1) is 19.2. The van der Waals surface area contributed by atoms with Gasteiger partial charge in [-0.2, -0.15) is 0 Å². The molecular formula is C17H23BN2O5. The van der Waals surface area contributed by atoms with Crippen LogP contribution in [-0.4, -0.2) is 42.9 Å². The second-order valence-electron chi connectivity index (χ2n) is 6.54. The topological polar surface area (TPSA) is 116 Å². The Morgan fingerprint density at radius 3 is 2.28 bits per heavy atom. The van der Waals surface area contributed by atoms with Crippen LogP contribution >= 0.6 is 0 Å². The molecule has 0 radical (unpaired) electrons. The van der Waals surface area contributed by atoms with Crippen molar-refractivity contribution in [2.75, 3.05) is 0 Å². The van der Waals surface area contributed by atoms with E-state index >= 15 is 0 Å². The van der Waals surface area contributed by atoms with Crippen LogP contribution in [0.2, 0.25) is 0 Å². The number of benzene rings is 1. The lowest BCUT2D eigenvalue weighted by Crippen LogP contribution is -2.29. The molecule has 0 aliphatic rings. The Hall–Kier alpha value is -2.16. The lowest BCUT2D eigenvalue weighted by molar-refractivity contribution is 0.0602. The molecule has 7 nitrogen and oxygen atoms in total. The van der Waals surface area contributed by atoms with Gasteiger partial charge in [-0.05, 0) is 31.3 Å². The molecule has 25 heavy (non-hydrogen) atoms. The first-order chi connectivity index (χ1) is 11.6. The van der Waals surface area contributed by atoms with Gasteiger partial charge in [-0.25, -0.2) is 9.78 Å². The molecule has 0 saturated carbocycles. The van der Waals surface area contributed by atoms with Crippen LogP contribution in [0.5, 0.6) is 0 Å². The maximum atomic E-state index is 11.8. The van der Waals surface area contributed by atoms with Gasteiger partial charge in [0.25, 0.3) is 0 Å². The van der Waals surface area contributed by atoms with E-state index in [0.29, 0.717) is 17.7 Å². The third kappa shape index (κ3) is 4.28. The molecule has 1 aromatic carbocycles. The van der Waals surface area contributed by atoms with Crippen LogP contribution in [0, 0.1) is 0 Å². The van der Waals surface area contributed by atoms with E-state index in [2.05, 4.69) is 4.98 Å². The van der Waals surface area contributed by atoms with Crippen molar-refractivity contribution in [2.45, 2.75) is 45.8 Å². The fourth-order valence-corrected chi connectivity index (χ4v) is 2.71. The van der Waals surface area contributed by atoms with Crippen molar-refractivity contribution in [2.24, 2.45) is 0 Å². The lowest BCUT2D eigenvalue weighted by Gasteiger charge is -2.16. The maximum Gasteiger partial charge on any atom is 0.488 e. The van der Waals surface area contributed by atoms with Gasteiger partial charge in [0.15, 0.2) is 5.69 Å². The largest absolute Gasteiger partial charge is 0.488 e. The van der Waals surface area contributed by atoms with Crippen molar-refractivity contribution in [1.82, 2.24) is 9.55 Å². The zero-order chi connectivity index (χ0) is 18.8. The van der Waals surface area contributed by atoms with E-state index in [1.807, 2.05) is 6.92 Å². The number of aromatic carboxylic acids is 1. The molecule has 0 atom stereocenters. The van der Waals surface area contributed by atoms with Gasteiger partial charge in [0.05, 0.1) is 0 Å². The number of imidazole rings is 1. The fraction of sp³-hybridized carbons (Fsp3) is 0.412. The second kappa shape index (κ2) is 7.39. The average Bonchev–Trinajstić information content (AvgIpc) is 2.87. The molecule has 0 bridgehead atoms. The number of aliphatic hydroxyl groups is 1. The van der Waals surface area contributed by atoms with Crippen LogP contribution in [-0.2, 0) is 18.6 Å². The van der Waals surface area contributed by atoms with Crippen molar-refractivity contribution in [3.63, 3.8) is 0 Å². The predicted molar refractivity (Wildman–Crippen MR) is 93.8 cm³/mol. The summed E-state index contributed by atoms with van der Waals surface area (Å²) in [5.41, 5.74) is -0.0948. The minimum atomic E-state index is -1.55. The number of rotatable bonds is 7. The Labute approximate surface area is 146 Å². The smallest absolute Gasteiger partial charge is 0.477 e. The molecular weight excluding hydrogens is 323 g/mol. The molecule has 0 saturated heterocycles. The summed E-state index contributed by atoms with van der Waals surface area (Å²) in [7, 11) is -1.55. The summed E-state index contributed by atoms with van der Waals surface area (Å²) in [5.74, 6) is -0.544. The van der Waals surface area contributed by atoms with Gasteiger partial charge in [0.2, 0.25) is 0 Å². The minimum Gasteiger partial charge on any atom is -0.477 e. The monoisotopic (exact) mass is 346 g/mol. The normalized spacial score (nSPS) is 11.6. The van der Waals surface area contributed by atoms with Crippen molar-refractivity contribution in [3.05, 3.63) is 47.0 Å². The Balaban J connectivity index is 2.50. The summed E-state index contributed by atoms with van der Waals surface area (Å²) >= 11 is 0. The third-order valence-electron chi connectivity index (χ3n) is 3.92. The Morgan fingerprint density at radius 1 is 1.24 bits per heavy atom. The van der Waals surface area contributed by atoms with Gasteiger partial charge in [0, 0.05) is 13.0 Å². The maximum absolute atomic E-state index is 11.8. The van der Waals surface area contributed by atoms with Crippen LogP contribution in [0.3, 0.4) is 0 Å². The summed E-state index contributed by atoms with van der Waals surface area (Å²) in [5, 5.41) is 38.3.